The zero-order valence-electron chi connectivity index (χ0n) is 11.8. The Hall–Kier alpha value is -1.66. The highest BCUT2D eigenvalue weighted by molar-refractivity contribution is 7.15. The molecule has 1 N–H and O–H groups in total. The van der Waals surface area contributed by atoms with Crippen LogP contribution in [-0.4, -0.2) is 25.7 Å². The lowest BCUT2D eigenvalue weighted by molar-refractivity contribution is 0.525. The summed E-state index contributed by atoms with van der Waals surface area (Å²) in [6.45, 7) is 3.18. The Morgan fingerprint density at radius 2 is 2.30 bits per heavy atom. The molecule has 0 saturated heterocycles. The second-order valence-electron chi connectivity index (χ2n) is 4.98. The van der Waals surface area contributed by atoms with Gasteiger partial charge in [-0.1, -0.05) is 6.92 Å². The smallest absolute Gasteiger partial charge is 0.193 e. The van der Waals surface area contributed by atoms with Crippen molar-refractivity contribution in [3.05, 3.63) is 41.4 Å². The van der Waals surface area contributed by atoms with E-state index in [1.54, 1.807) is 11.3 Å². The van der Waals surface area contributed by atoms with Gasteiger partial charge in [0.05, 0.1) is 11.9 Å². The van der Waals surface area contributed by atoms with Crippen molar-refractivity contribution < 1.29 is 0 Å². The standard InChI is InChI=1S/C14H19N5S/c1-3-4-15-13(11-8-16-18(2)9-11)7-12-10-19-5-6-20-14(19)17-12/h5-6,8-10,13,15H,3-4,7H2,1-2H3. The number of nitrogens with one attached hydrogen (secondary N) is 1. The van der Waals surface area contributed by atoms with Crippen LogP contribution in [0.5, 0.6) is 0 Å². The Bertz CT molecular complexity index is 652. The number of hydrogen-bond acceptors (Lipinski definition) is 4. The summed E-state index contributed by atoms with van der Waals surface area (Å²) in [4.78, 5) is 5.72. The molecular formula is C14H19N5S. The molecule has 0 radical (unpaired) electrons. The van der Waals surface area contributed by atoms with Crippen LogP contribution in [0, 0.1) is 0 Å². The zero-order valence-corrected chi connectivity index (χ0v) is 12.6. The lowest BCUT2D eigenvalue weighted by atomic mass is 10.1. The Labute approximate surface area is 122 Å². The van der Waals surface area contributed by atoms with Crippen molar-refractivity contribution in [2.75, 3.05) is 6.54 Å². The van der Waals surface area contributed by atoms with Gasteiger partial charge >= 0.3 is 0 Å². The zero-order chi connectivity index (χ0) is 13.9. The van der Waals surface area contributed by atoms with Gasteiger partial charge < -0.3 is 5.32 Å². The predicted octanol–water partition coefficient (Wildman–Crippen LogP) is 2.41. The first-order valence-electron chi connectivity index (χ1n) is 6.89. The van der Waals surface area contributed by atoms with E-state index in [2.05, 4.69) is 50.7 Å². The fraction of sp³-hybridized carbons (Fsp3) is 0.429. The van der Waals surface area contributed by atoms with E-state index in [1.165, 1.54) is 5.56 Å². The van der Waals surface area contributed by atoms with Crippen molar-refractivity contribution in [2.45, 2.75) is 25.8 Å². The summed E-state index contributed by atoms with van der Waals surface area (Å²) in [6, 6.07) is 0.272. The lowest BCUT2D eigenvalue weighted by Gasteiger charge is -2.15. The molecule has 5 nitrogen and oxygen atoms in total. The third kappa shape index (κ3) is 2.76. The second-order valence-corrected chi connectivity index (χ2v) is 5.86. The lowest BCUT2D eigenvalue weighted by Crippen LogP contribution is -2.24. The highest BCUT2D eigenvalue weighted by Crippen LogP contribution is 2.19. The van der Waals surface area contributed by atoms with E-state index < -0.39 is 0 Å². The minimum Gasteiger partial charge on any atom is -0.310 e. The summed E-state index contributed by atoms with van der Waals surface area (Å²) in [5.74, 6) is 0. The Morgan fingerprint density at radius 1 is 1.40 bits per heavy atom. The molecule has 3 heterocycles. The third-order valence-electron chi connectivity index (χ3n) is 3.32. The summed E-state index contributed by atoms with van der Waals surface area (Å²) in [5, 5.41) is 9.91. The number of nitrogens with zero attached hydrogens (tertiary/aromatic N) is 4. The van der Waals surface area contributed by atoms with E-state index in [1.807, 2.05) is 17.9 Å². The molecular weight excluding hydrogens is 270 g/mol. The maximum atomic E-state index is 4.67. The first-order valence-corrected chi connectivity index (χ1v) is 7.77. The summed E-state index contributed by atoms with van der Waals surface area (Å²) in [7, 11) is 1.95. The molecule has 0 bridgehead atoms. The Kier molecular flexibility index (Phi) is 3.84. The van der Waals surface area contributed by atoms with Gasteiger partial charge in [-0.2, -0.15) is 5.10 Å². The van der Waals surface area contributed by atoms with Crippen LogP contribution in [0.3, 0.4) is 0 Å². The molecule has 1 atom stereocenters. The van der Waals surface area contributed by atoms with Crippen molar-refractivity contribution in [2.24, 2.45) is 7.05 Å². The Morgan fingerprint density at radius 3 is 3.00 bits per heavy atom. The van der Waals surface area contributed by atoms with Crippen molar-refractivity contribution in [1.29, 1.82) is 0 Å². The monoisotopic (exact) mass is 289 g/mol. The second kappa shape index (κ2) is 5.76. The number of aromatic nitrogens is 4. The van der Waals surface area contributed by atoms with Gasteiger partial charge in [0.15, 0.2) is 4.96 Å². The predicted molar refractivity (Wildman–Crippen MR) is 81.0 cm³/mol. The summed E-state index contributed by atoms with van der Waals surface area (Å²) < 4.78 is 3.93. The van der Waals surface area contributed by atoms with Crippen LogP contribution in [0.1, 0.15) is 30.6 Å². The van der Waals surface area contributed by atoms with Crippen LogP contribution in [-0.2, 0) is 13.5 Å². The first-order chi connectivity index (χ1) is 9.76. The molecule has 0 aliphatic rings. The molecule has 0 aromatic carbocycles. The molecule has 3 aromatic heterocycles. The van der Waals surface area contributed by atoms with E-state index in [0.29, 0.717) is 0 Å². The summed E-state index contributed by atoms with van der Waals surface area (Å²) in [6.07, 6.45) is 10.2. The van der Waals surface area contributed by atoms with E-state index in [9.17, 15) is 0 Å². The first kappa shape index (κ1) is 13.3. The summed E-state index contributed by atoms with van der Waals surface area (Å²) in [5.41, 5.74) is 2.34. The van der Waals surface area contributed by atoms with Gasteiger partial charge in [0.1, 0.15) is 0 Å². The molecule has 20 heavy (non-hydrogen) atoms. The average molecular weight is 289 g/mol. The van der Waals surface area contributed by atoms with Crippen LogP contribution in [0.25, 0.3) is 4.96 Å². The van der Waals surface area contributed by atoms with Gasteiger partial charge in [-0.15, -0.1) is 11.3 Å². The third-order valence-corrected chi connectivity index (χ3v) is 4.10. The molecule has 106 valence electrons. The molecule has 0 aliphatic heterocycles. The van der Waals surface area contributed by atoms with Crippen LogP contribution >= 0.6 is 11.3 Å². The van der Waals surface area contributed by atoms with E-state index in [4.69, 9.17) is 0 Å². The topological polar surface area (TPSA) is 47.1 Å². The molecule has 0 saturated carbocycles. The SMILES string of the molecule is CCCNC(Cc1cn2ccsc2n1)c1cnn(C)c1. The molecule has 6 heteroatoms. The fourth-order valence-electron chi connectivity index (χ4n) is 2.33. The number of aryl methyl sites for hydroxylation is 1. The van der Waals surface area contributed by atoms with Gasteiger partial charge in [-0.05, 0) is 13.0 Å². The quantitative estimate of drug-likeness (QED) is 0.758. The maximum absolute atomic E-state index is 4.67. The van der Waals surface area contributed by atoms with Gasteiger partial charge in [-0.3, -0.25) is 9.08 Å². The maximum Gasteiger partial charge on any atom is 0.193 e. The van der Waals surface area contributed by atoms with Crippen molar-refractivity contribution >= 4 is 16.3 Å². The van der Waals surface area contributed by atoms with Crippen molar-refractivity contribution in [3.8, 4) is 0 Å². The van der Waals surface area contributed by atoms with Gasteiger partial charge in [0.25, 0.3) is 0 Å². The van der Waals surface area contributed by atoms with E-state index >= 15 is 0 Å². The molecule has 0 amide bonds. The number of thiazole rings is 1. The summed E-state index contributed by atoms with van der Waals surface area (Å²) >= 11 is 1.67. The minimum atomic E-state index is 0.272. The number of imidazole rings is 1. The van der Waals surface area contributed by atoms with Crippen molar-refractivity contribution in [3.63, 3.8) is 0 Å². The number of hydrogen-bond donors (Lipinski definition) is 1. The Balaban J connectivity index is 1.80. The van der Waals surface area contributed by atoms with Gasteiger partial charge in [-0.25, -0.2) is 4.98 Å². The van der Waals surface area contributed by atoms with Crippen molar-refractivity contribution in [1.82, 2.24) is 24.5 Å². The molecule has 1 unspecified atom stereocenters. The van der Waals surface area contributed by atoms with E-state index in [-0.39, 0.29) is 6.04 Å². The van der Waals surface area contributed by atoms with Crippen LogP contribution in [0.2, 0.25) is 0 Å². The van der Waals surface area contributed by atoms with E-state index in [0.717, 1.165) is 30.0 Å². The molecule has 0 spiro atoms. The fourth-order valence-corrected chi connectivity index (χ4v) is 3.05. The highest BCUT2D eigenvalue weighted by Gasteiger charge is 2.15. The molecule has 3 aromatic rings. The van der Waals surface area contributed by atoms with Crippen LogP contribution in [0.15, 0.2) is 30.2 Å². The molecule has 0 aliphatic carbocycles. The van der Waals surface area contributed by atoms with Crippen LogP contribution in [0.4, 0.5) is 0 Å². The molecule has 3 rings (SSSR count). The van der Waals surface area contributed by atoms with Gasteiger partial charge in [0, 0.05) is 49.0 Å². The van der Waals surface area contributed by atoms with Crippen LogP contribution < -0.4 is 5.32 Å². The van der Waals surface area contributed by atoms with Gasteiger partial charge in [0.2, 0.25) is 0 Å². The number of rotatable bonds is 6. The molecule has 0 fully saturated rings. The average Bonchev–Trinajstić information content (AvgIpc) is 3.09. The minimum absolute atomic E-state index is 0.272. The normalized spacial score (nSPS) is 13.1. The number of fused-ring (bicyclic) bond motifs is 1. The highest BCUT2D eigenvalue weighted by atomic mass is 32.1. The largest absolute Gasteiger partial charge is 0.310 e.